The van der Waals surface area contributed by atoms with Crippen molar-refractivity contribution in [3.63, 3.8) is 0 Å². The van der Waals surface area contributed by atoms with E-state index in [9.17, 15) is 13.2 Å². The first-order valence-electron chi connectivity index (χ1n) is 4.15. The van der Waals surface area contributed by atoms with Gasteiger partial charge in [-0.2, -0.15) is 18.3 Å². The molecule has 8 heteroatoms. The molecule has 0 aliphatic rings. The Morgan fingerprint density at radius 3 is 2.06 bits per heavy atom. The molecule has 1 aromatic heterocycles. The van der Waals surface area contributed by atoms with Crippen molar-refractivity contribution in [2.24, 2.45) is 5.73 Å². The number of aryl methyl sites for hydroxylation is 1. The Kier molecular flexibility index (Phi) is 7.08. The Bertz CT molecular complexity index is 336. The molecule has 0 spiro atoms. The van der Waals surface area contributed by atoms with Gasteiger partial charge >= 0.3 is 6.18 Å². The van der Waals surface area contributed by atoms with Crippen LogP contribution in [0, 0.1) is 13.8 Å². The van der Waals surface area contributed by atoms with Crippen LogP contribution in [0.4, 0.5) is 13.2 Å². The van der Waals surface area contributed by atoms with E-state index in [-0.39, 0.29) is 31.4 Å². The number of halogens is 5. The van der Waals surface area contributed by atoms with Gasteiger partial charge in [-0.15, -0.1) is 24.8 Å². The van der Waals surface area contributed by atoms with Crippen LogP contribution < -0.4 is 5.73 Å². The van der Waals surface area contributed by atoms with Crippen molar-refractivity contribution < 1.29 is 13.2 Å². The maximum atomic E-state index is 12.1. The molecule has 16 heavy (non-hydrogen) atoms. The van der Waals surface area contributed by atoms with Gasteiger partial charge in [0.05, 0.1) is 5.69 Å². The average molecular weight is 280 g/mol. The molecule has 3 nitrogen and oxygen atoms in total. The van der Waals surface area contributed by atoms with Gasteiger partial charge in [-0.05, 0) is 13.8 Å². The highest BCUT2D eigenvalue weighted by atomic mass is 35.5. The van der Waals surface area contributed by atoms with Crippen molar-refractivity contribution in [1.29, 1.82) is 0 Å². The van der Waals surface area contributed by atoms with Crippen LogP contribution in [-0.2, 0) is 13.1 Å². The van der Waals surface area contributed by atoms with E-state index in [0.29, 0.717) is 17.0 Å². The van der Waals surface area contributed by atoms with Crippen molar-refractivity contribution in [3.05, 3.63) is 17.0 Å². The molecule has 1 aromatic rings. The van der Waals surface area contributed by atoms with Crippen molar-refractivity contribution in [2.75, 3.05) is 0 Å². The standard InChI is InChI=1S/C8H12F3N3.2ClH/c1-5-7(3-12)6(2)14(13-5)4-8(9,10)11;;/h3-4,12H2,1-2H3;2*1H. The molecule has 96 valence electrons. The molecule has 1 heterocycles. The molecule has 0 fully saturated rings. The summed E-state index contributed by atoms with van der Waals surface area (Å²) >= 11 is 0. The predicted octanol–water partition coefficient (Wildman–Crippen LogP) is 2.36. The molecule has 0 saturated carbocycles. The van der Waals surface area contributed by atoms with E-state index < -0.39 is 12.7 Å². The second kappa shape index (κ2) is 6.32. The third kappa shape index (κ3) is 4.19. The summed E-state index contributed by atoms with van der Waals surface area (Å²) in [4.78, 5) is 0. The number of hydrogen-bond acceptors (Lipinski definition) is 2. The molecule has 0 bridgehead atoms. The lowest BCUT2D eigenvalue weighted by atomic mass is 10.2. The molecular formula is C8H14Cl2F3N3. The summed E-state index contributed by atoms with van der Waals surface area (Å²) in [5.74, 6) is 0. The van der Waals surface area contributed by atoms with Crippen LogP contribution in [-0.4, -0.2) is 16.0 Å². The van der Waals surface area contributed by atoms with Gasteiger partial charge in [0.15, 0.2) is 0 Å². The number of alkyl halides is 3. The zero-order valence-corrected chi connectivity index (χ0v) is 10.5. The van der Waals surface area contributed by atoms with E-state index in [0.717, 1.165) is 4.68 Å². The van der Waals surface area contributed by atoms with Crippen molar-refractivity contribution in [1.82, 2.24) is 9.78 Å². The van der Waals surface area contributed by atoms with E-state index in [1.807, 2.05) is 0 Å². The Labute approximate surface area is 104 Å². The third-order valence-corrected chi connectivity index (χ3v) is 2.06. The average Bonchev–Trinajstić information content (AvgIpc) is 2.24. The van der Waals surface area contributed by atoms with Gasteiger partial charge in [0.25, 0.3) is 0 Å². The monoisotopic (exact) mass is 279 g/mol. The SMILES string of the molecule is Cc1nn(CC(F)(F)F)c(C)c1CN.Cl.Cl. The highest BCUT2D eigenvalue weighted by Gasteiger charge is 2.29. The van der Waals surface area contributed by atoms with Crippen molar-refractivity contribution >= 4 is 24.8 Å². The summed E-state index contributed by atoms with van der Waals surface area (Å²) in [7, 11) is 0. The van der Waals surface area contributed by atoms with E-state index in [1.54, 1.807) is 13.8 Å². The van der Waals surface area contributed by atoms with E-state index in [2.05, 4.69) is 5.10 Å². The summed E-state index contributed by atoms with van der Waals surface area (Å²) in [5.41, 5.74) is 7.14. The van der Waals surface area contributed by atoms with Crippen molar-refractivity contribution in [2.45, 2.75) is 33.1 Å². The number of nitrogens with two attached hydrogens (primary N) is 1. The molecule has 0 amide bonds. The fraction of sp³-hybridized carbons (Fsp3) is 0.625. The fourth-order valence-electron chi connectivity index (χ4n) is 1.35. The van der Waals surface area contributed by atoms with Crippen LogP contribution >= 0.6 is 24.8 Å². The minimum absolute atomic E-state index is 0. The van der Waals surface area contributed by atoms with Crippen LogP contribution in [0.1, 0.15) is 17.0 Å². The lowest BCUT2D eigenvalue weighted by Gasteiger charge is -2.08. The first-order valence-corrected chi connectivity index (χ1v) is 4.15. The zero-order valence-electron chi connectivity index (χ0n) is 8.84. The predicted molar refractivity (Wildman–Crippen MR) is 60.1 cm³/mol. The molecule has 0 atom stereocenters. The minimum Gasteiger partial charge on any atom is -0.326 e. The molecule has 0 aromatic carbocycles. The summed E-state index contributed by atoms with van der Waals surface area (Å²) in [6, 6.07) is 0. The number of nitrogens with zero attached hydrogens (tertiary/aromatic N) is 2. The second-order valence-electron chi connectivity index (χ2n) is 3.13. The Morgan fingerprint density at radius 2 is 1.75 bits per heavy atom. The number of rotatable bonds is 2. The van der Waals surface area contributed by atoms with Crippen LogP contribution in [0.5, 0.6) is 0 Å². The highest BCUT2D eigenvalue weighted by Crippen LogP contribution is 2.20. The maximum Gasteiger partial charge on any atom is 0.408 e. The normalized spacial score (nSPS) is 10.6. The molecular weight excluding hydrogens is 266 g/mol. The van der Waals surface area contributed by atoms with Gasteiger partial charge in [-0.3, -0.25) is 4.68 Å². The summed E-state index contributed by atoms with van der Waals surface area (Å²) in [6.07, 6.45) is -4.24. The smallest absolute Gasteiger partial charge is 0.326 e. The van der Waals surface area contributed by atoms with E-state index in [1.165, 1.54) is 0 Å². The first kappa shape index (κ1) is 17.9. The molecule has 0 unspecified atom stereocenters. The summed E-state index contributed by atoms with van der Waals surface area (Å²) < 4.78 is 37.2. The van der Waals surface area contributed by atoms with Gasteiger partial charge in [0.1, 0.15) is 6.54 Å². The Hall–Kier alpha value is -0.460. The van der Waals surface area contributed by atoms with E-state index in [4.69, 9.17) is 5.73 Å². The minimum atomic E-state index is -4.24. The maximum absolute atomic E-state index is 12.1. The van der Waals surface area contributed by atoms with Gasteiger partial charge < -0.3 is 5.73 Å². The summed E-state index contributed by atoms with van der Waals surface area (Å²) in [6.45, 7) is 2.41. The van der Waals surface area contributed by atoms with E-state index >= 15 is 0 Å². The van der Waals surface area contributed by atoms with Crippen LogP contribution in [0.3, 0.4) is 0 Å². The largest absolute Gasteiger partial charge is 0.408 e. The number of aromatic nitrogens is 2. The van der Waals surface area contributed by atoms with Gasteiger partial charge in [0, 0.05) is 17.8 Å². The fourth-order valence-corrected chi connectivity index (χ4v) is 1.35. The highest BCUT2D eigenvalue weighted by molar-refractivity contribution is 5.85. The van der Waals surface area contributed by atoms with Gasteiger partial charge in [-0.1, -0.05) is 0 Å². The molecule has 0 radical (unpaired) electrons. The Balaban J connectivity index is 0. The third-order valence-electron chi connectivity index (χ3n) is 2.06. The molecule has 0 aliphatic carbocycles. The van der Waals surface area contributed by atoms with Crippen LogP contribution in [0.15, 0.2) is 0 Å². The summed E-state index contributed by atoms with van der Waals surface area (Å²) in [5, 5.41) is 3.78. The lowest BCUT2D eigenvalue weighted by Crippen LogP contribution is -2.19. The Morgan fingerprint density at radius 1 is 1.25 bits per heavy atom. The van der Waals surface area contributed by atoms with Gasteiger partial charge in [0.2, 0.25) is 0 Å². The quantitative estimate of drug-likeness (QED) is 0.903. The molecule has 2 N–H and O–H groups in total. The topological polar surface area (TPSA) is 43.8 Å². The number of hydrogen-bond donors (Lipinski definition) is 1. The van der Waals surface area contributed by atoms with Crippen LogP contribution in [0.2, 0.25) is 0 Å². The molecule has 0 saturated heterocycles. The second-order valence-corrected chi connectivity index (χ2v) is 3.13. The lowest BCUT2D eigenvalue weighted by molar-refractivity contribution is -0.142. The molecule has 0 aliphatic heterocycles. The van der Waals surface area contributed by atoms with Crippen LogP contribution in [0.25, 0.3) is 0 Å². The zero-order chi connectivity index (χ0) is 10.9. The first-order chi connectivity index (χ1) is 6.35. The molecule has 1 rings (SSSR count). The van der Waals surface area contributed by atoms with Crippen molar-refractivity contribution in [3.8, 4) is 0 Å². The van der Waals surface area contributed by atoms with Gasteiger partial charge in [-0.25, -0.2) is 0 Å².